The predicted molar refractivity (Wildman–Crippen MR) is 84.9 cm³/mol. The van der Waals surface area contributed by atoms with Crippen molar-refractivity contribution in [1.82, 2.24) is 4.90 Å². The van der Waals surface area contributed by atoms with Gasteiger partial charge < -0.3 is 9.64 Å². The molecule has 1 fully saturated rings. The number of benzene rings is 1. The second-order valence-corrected chi connectivity index (χ2v) is 5.36. The van der Waals surface area contributed by atoms with Gasteiger partial charge in [0.05, 0.1) is 13.2 Å². The average Bonchev–Trinajstić information content (AvgIpc) is 2.44. The molecular formula is C16H23ClN2O. The topological polar surface area (TPSA) is 16.8 Å². The highest BCUT2D eigenvalue weighted by atomic mass is 35.5. The number of hydrogen-bond donors (Lipinski definition) is 0. The van der Waals surface area contributed by atoms with Crippen LogP contribution >= 0.6 is 12.4 Å². The molecule has 0 radical (unpaired) electrons. The zero-order valence-corrected chi connectivity index (χ0v) is 12.9. The number of rotatable bonds is 5. The first-order valence-electron chi connectivity index (χ1n) is 7.10. The largest absolute Gasteiger partial charge is 0.494 e. The fraction of sp³-hybridized carbons (Fsp3) is 0.562. The highest BCUT2D eigenvalue weighted by Gasteiger charge is 2.15. The van der Waals surface area contributed by atoms with E-state index in [1.54, 1.807) is 12.1 Å². The quantitative estimate of drug-likeness (QED) is 0.599. The third kappa shape index (κ3) is 5.40. The molecule has 0 N–H and O–H groups in total. The number of likely N-dealkylation sites (tertiary alicyclic amines) is 1. The molecule has 0 aromatic heterocycles. The Morgan fingerprint density at radius 1 is 1.35 bits per heavy atom. The van der Waals surface area contributed by atoms with Crippen molar-refractivity contribution < 1.29 is 4.74 Å². The molecule has 1 atom stereocenters. The molecule has 1 aliphatic heterocycles. The van der Waals surface area contributed by atoms with Crippen LogP contribution < -0.4 is 4.74 Å². The van der Waals surface area contributed by atoms with E-state index in [1.807, 2.05) is 12.1 Å². The monoisotopic (exact) mass is 294 g/mol. The first kappa shape index (κ1) is 16.8. The number of nitrogens with zero attached hydrogens (tertiary/aromatic N) is 2. The standard InChI is InChI=1S/C16H22N2O.ClH/c1-14-5-3-10-18(13-14)11-4-12-19-16-8-6-15(17-2)7-9-16;/h6-9,14H,3-5,10-13H2,1H3;1H. The van der Waals surface area contributed by atoms with Crippen LogP contribution in [-0.4, -0.2) is 31.1 Å². The summed E-state index contributed by atoms with van der Waals surface area (Å²) in [4.78, 5) is 5.91. The Morgan fingerprint density at radius 2 is 2.10 bits per heavy atom. The van der Waals surface area contributed by atoms with Crippen LogP contribution in [-0.2, 0) is 0 Å². The van der Waals surface area contributed by atoms with Crippen LogP contribution in [0.3, 0.4) is 0 Å². The molecule has 1 saturated heterocycles. The third-order valence-corrected chi connectivity index (χ3v) is 3.59. The van der Waals surface area contributed by atoms with Crippen LogP contribution in [0.1, 0.15) is 26.2 Å². The van der Waals surface area contributed by atoms with Crippen LogP contribution in [0.15, 0.2) is 24.3 Å². The lowest BCUT2D eigenvalue weighted by Crippen LogP contribution is -2.35. The van der Waals surface area contributed by atoms with Crippen LogP contribution in [0.25, 0.3) is 4.85 Å². The van der Waals surface area contributed by atoms with Gasteiger partial charge in [-0.15, -0.1) is 12.4 Å². The van der Waals surface area contributed by atoms with Crippen molar-refractivity contribution in [2.45, 2.75) is 26.2 Å². The zero-order chi connectivity index (χ0) is 13.5. The van der Waals surface area contributed by atoms with E-state index in [0.29, 0.717) is 5.69 Å². The van der Waals surface area contributed by atoms with Crippen molar-refractivity contribution >= 4 is 18.1 Å². The van der Waals surface area contributed by atoms with Gasteiger partial charge in [0.1, 0.15) is 5.75 Å². The lowest BCUT2D eigenvalue weighted by Gasteiger charge is -2.30. The highest BCUT2D eigenvalue weighted by molar-refractivity contribution is 5.85. The summed E-state index contributed by atoms with van der Waals surface area (Å²) in [5.74, 6) is 1.70. The first-order valence-corrected chi connectivity index (χ1v) is 7.10. The molecule has 3 nitrogen and oxygen atoms in total. The number of piperidine rings is 1. The second kappa shape index (κ2) is 8.84. The van der Waals surface area contributed by atoms with E-state index in [2.05, 4.69) is 16.7 Å². The van der Waals surface area contributed by atoms with Gasteiger partial charge in [0.25, 0.3) is 0 Å². The Bertz CT molecular complexity index is 427. The maximum absolute atomic E-state index is 6.89. The Morgan fingerprint density at radius 3 is 2.75 bits per heavy atom. The van der Waals surface area contributed by atoms with Crippen molar-refractivity contribution in [3.05, 3.63) is 35.7 Å². The fourth-order valence-electron chi connectivity index (χ4n) is 2.58. The summed E-state index contributed by atoms with van der Waals surface area (Å²) in [7, 11) is 0. The minimum absolute atomic E-state index is 0. The lowest BCUT2D eigenvalue weighted by molar-refractivity contribution is 0.170. The molecular weight excluding hydrogens is 272 g/mol. The average molecular weight is 295 g/mol. The zero-order valence-electron chi connectivity index (χ0n) is 12.0. The SMILES string of the molecule is Cl.[C-]#[N+]c1ccc(OCCCN2CCCC(C)C2)cc1. The maximum atomic E-state index is 6.89. The van der Waals surface area contributed by atoms with Gasteiger partial charge in [-0.3, -0.25) is 0 Å². The molecule has 1 aromatic rings. The van der Waals surface area contributed by atoms with Crippen molar-refractivity contribution in [1.29, 1.82) is 0 Å². The summed E-state index contributed by atoms with van der Waals surface area (Å²) in [5, 5.41) is 0. The molecule has 110 valence electrons. The molecule has 2 rings (SSSR count). The van der Waals surface area contributed by atoms with E-state index in [4.69, 9.17) is 11.3 Å². The normalized spacial score (nSPS) is 18.9. The molecule has 0 aliphatic carbocycles. The molecule has 1 aromatic carbocycles. The van der Waals surface area contributed by atoms with Gasteiger partial charge in [-0.1, -0.05) is 19.1 Å². The van der Waals surface area contributed by atoms with E-state index in [-0.39, 0.29) is 12.4 Å². The maximum Gasteiger partial charge on any atom is 0.187 e. The fourth-order valence-corrected chi connectivity index (χ4v) is 2.58. The molecule has 0 bridgehead atoms. The van der Waals surface area contributed by atoms with Gasteiger partial charge >= 0.3 is 0 Å². The summed E-state index contributed by atoms with van der Waals surface area (Å²) >= 11 is 0. The van der Waals surface area contributed by atoms with Gasteiger partial charge in [0.15, 0.2) is 5.69 Å². The van der Waals surface area contributed by atoms with E-state index < -0.39 is 0 Å². The molecule has 0 spiro atoms. The Kier molecular flexibility index (Phi) is 7.43. The smallest absolute Gasteiger partial charge is 0.187 e. The van der Waals surface area contributed by atoms with Crippen LogP contribution in [0.2, 0.25) is 0 Å². The summed E-state index contributed by atoms with van der Waals surface area (Å²) in [6.07, 6.45) is 3.78. The summed E-state index contributed by atoms with van der Waals surface area (Å²) in [5.41, 5.74) is 0.662. The van der Waals surface area contributed by atoms with E-state index in [0.717, 1.165) is 31.2 Å². The predicted octanol–water partition coefficient (Wildman–Crippen LogP) is 4.16. The summed E-state index contributed by atoms with van der Waals surface area (Å²) < 4.78 is 5.69. The highest BCUT2D eigenvalue weighted by Crippen LogP contribution is 2.18. The van der Waals surface area contributed by atoms with Gasteiger partial charge in [0, 0.05) is 13.1 Å². The molecule has 1 heterocycles. The van der Waals surface area contributed by atoms with Crippen molar-refractivity contribution in [3.63, 3.8) is 0 Å². The second-order valence-electron chi connectivity index (χ2n) is 5.36. The Balaban J connectivity index is 0.00000200. The molecule has 0 amide bonds. The molecule has 4 heteroatoms. The lowest BCUT2D eigenvalue weighted by atomic mass is 10.0. The Labute approximate surface area is 128 Å². The van der Waals surface area contributed by atoms with Crippen molar-refractivity contribution in [2.24, 2.45) is 5.92 Å². The van der Waals surface area contributed by atoms with Gasteiger partial charge in [-0.05, 0) is 43.9 Å². The van der Waals surface area contributed by atoms with Crippen molar-refractivity contribution in [2.75, 3.05) is 26.2 Å². The third-order valence-electron chi connectivity index (χ3n) is 3.59. The Hall–Kier alpha value is -1.24. The molecule has 0 saturated carbocycles. The van der Waals surface area contributed by atoms with Gasteiger partial charge in [-0.2, -0.15) is 0 Å². The summed E-state index contributed by atoms with van der Waals surface area (Å²) in [6.45, 7) is 13.6. The minimum Gasteiger partial charge on any atom is -0.494 e. The number of hydrogen-bond acceptors (Lipinski definition) is 2. The van der Waals surface area contributed by atoms with Gasteiger partial charge in [0.2, 0.25) is 0 Å². The van der Waals surface area contributed by atoms with Crippen LogP contribution in [0, 0.1) is 12.5 Å². The minimum atomic E-state index is 0. The number of ether oxygens (including phenoxy) is 1. The van der Waals surface area contributed by atoms with Crippen molar-refractivity contribution in [3.8, 4) is 5.75 Å². The molecule has 1 unspecified atom stereocenters. The molecule has 1 aliphatic rings. The number of halogens is 1. The summed E-state index contributed by atoms with van der Waals surface area (Å²) in [6, 6.07) is 7.34. The van der Waals surface area contributed by atoms with E-state index in [1.165, 1.54) is 25.9 Å². The van der Waals surface area contributed by atoms with Crippen LogP contribution in [0.5, 0.6) is 5.75 Å². The van der Waals surface area contributed by atoms with Gasteiger partial charge in [-0.25, -0.2) is 4.85 Å². The molecule has 20 heavy (non-hydrogen) atoms. The van der Waals surface area contributed by atoms with E-state index in [9.17, 15) is 0 Å². The van der Waals surface area contributed by atoms with Crippen LogP contribution in [0.4, 0.5) is 5.69 Å². The van der Waals surface area contributed by atoms with E-state index >= 15 is 0 Å². The first-order chi connectivity index (χ1) is 9.28.